The molecule has 1 aliphatic carbocycles. The van der Waals surface area contributed by atoms with E-state index < -0.39 is 0 Å². The van der Waals surface area contributed by atoms with Gasteiger partial charge >= 0.3 is 0 Å². The Bertz CT molecular complexity index is 478. The van der Waals surface area contributed by atoms with Crippen molar-refractivity contribution in [3.05, 3.63) is 35.6 Å². The van der Waals surface area contributed by atoms with Crippen LogP contribution in [-0.4, -0.2) is 23.9 Å². The molecule has 1 aromatic carbocycles. The Morgan fingerprint density at radius 3 is 2.72 bits per heavy atom. The molecule has 94 valence electrons. The maximum atomic E-state index is 12.8. The van der Waals surface area contributed by atoms with Gasteiger partial charge < -0.3 is 4.90 Å². The molecule has 0 bridgehead atoms. The van der Waals surface area contributed by atoms with Crippen LogP contribution in [0.5, 0.6) is 0 Å². The molecule has 1 amide bonds. The van der Waals surface area contributed by atoms with Crippen molar-refractivity contribution in [1.82, 2.24) is 4.90 Å². The molecule has 0 heterocycles. The highest BCUT2D eigenvalue weighted by Crippen LogP contribution is 2.48. The lowest BCUT2D eigenvalue weighted by Crippen LogP contribution is -2.32. The number of nitrogens with zero attached hydrogens (tertiary/aromatic N) is 2. The number of hydrogen-bond donors (Lipinski definition) is 0. The zero-order valence-corrected chi connectivity index (χ0v) is 10.3. The number of rotatable bonds is 4. The first-order chi connectivity index (χ1) is 8.67. The molecule has 1 aliphatic rings. The van der Waals surface area contributed by atoms with Crippen molar-refractivity contribution in [2.75, 3.05) is 13.1 Å². The van der Waals surface area contributed by atoms with Crippen LogP contribution >= 0.6 is 0 Å². The summed E-state index contributed by atoms with van der Waals surface area (Å²) in [6, 6.07) is 8.30. The quantitative estimate of drug-likeness (QED) is 0.765. The van der Waals surface area contributed by atoms with Gasteiger partial charge in [-0.15, -0.1) is 0 Å². The molecule has 0 radical (unpaired) electrons. The van der Waals surface area contributed by atoms with Gasteiger partial charge in [-0.1, -0.05) is 12.1 Å². The minimum Gasteiger partial charge on any atom is -0.329 e. The van der Waals surface area contributed by atoms with Gasteiger partial charge in [0, 0.05) is 12.5 Å². The van der Waals surface area contributed by atoms with Crippen LogP contribution in [0.1, 0.15) is 24.8 Å². The second-order valence-electron chi connectivity index (χ2n) is 4.51. The average Bonchev–Trinajstić information content (AvgIpc) is 3.16. The SMILES string of the molecule is CCN(CC#N)C(=O)[C@H]1C[C@H]1c1ccc(F)cc1. The molecule has 0 spiro atoms. The van der Waals surface area contributed by atoms with Crippen molar-refractivity contribution < 1.29 is 9.18 Å². The number of amides is 1. The lowest BCUT2D eigenvalue weighted by molar-refractivity contribution is -0.131. The van der Waals surface area contributed by atoms with E-state index in [-0.39, 0.29) is 30.1 Å². The Morgan fingerprint density at radius 2 is 2.17 bits per heavy atom. The Kier molecular flexibility index (Phi) is 3.61. The number of nitriles is 1. The summed E-state index contributed by atoms with van der Waals surface area (Å²) in [5, 5.41) is 8.65. The molecule has 0 aromatic heterocycles. The maximum absolute atomic E-state index is 12.8. The van der Waals surface area contributed by atoms with E-state index in [2.05, 4.69) is 0 Å². The normalized spacial score (nSPS) is 21.2. The Balaban J connectivity index is 2.00. The predicted molar refractivity (Wildman–Crippen MR) is 65.1 cm³/mol. The van der Waals surface area contributed by atoms with Crippen LogP contribution in [0.2, 0.25) is 0 Å². The largest absolute Gasteiger partial charge is 0.329 e. The van der Waals surface area contributed by atoms with Gasteiger partial charge in [0.25, 0.3) is 0 Å². The van der Waals surface area contributed by atoms with Gasteiger partial charge in [0.2, 0.25) is 5.91 Å². The van der Waals surface area contributed by atoms with Crippen LogP contribution in [0.3, 0.4) is 0 Å². The molecule has 0 saturated heterocycles. The molecule has 2 atom stereocenters. The van der Waals surface area contributed by atoms with Crippen LogP contribution < -0.4 is 0 Å². The van der Waals surface area contributed by atoms with Crippen molar-refractivity contribution >= 4 is 5.91 Å². The number of benzene rings is 1. The number of carbonyl (C=O) groups excluding carboxylic acids is 1. The fourth-order valence-corrected chi connectivity index (χ4v) is 2.21. The summed E-state index contributed by atoms with van der Waals surface area (Å²) >= 11 is 0. The molecule has 1 fully saturated rings. The summed E-state index contributed by atoms with van der Waals surface area (Å²) in [7, 11) is 0. The van der Waals surface area contributed by atoms with Gasteiger partial charge in [-0.05, 0) is 37.0 Å². The highest BCUT2D eigenvalue weighted by Gasteiger charge is 2.45. The fourth-order valence-electron chi connectivity index (χ4n) is 2.21. The number of halogens is 1. The van der Waals surface area contributed by atoms with Gasteiger partial charge in [0.1, 0.15) is 12.4 Å². The van der Waals surface area contributed by atoms with Crippen molar-refractivity contribution in [3.63, 3.8) is 0 Å². The van der Waals surface area contributed by atoms with E-state index in [9.17, 15) is 9.18 Å². The number of hydrogen-bond acceptors (Lipinski definition) is 2. The zero-order valence-electron chi connectivity index (χ0n) is 10.3. The van der Waals surface area contributed by atoms with Crippen molar-refractivity contribution in [1.29, 1.82) is 5.26 Å². The molecule has 0 unspecified atom stereocenters. The second-order valence-corrected chi connectivity index (χ2v) is 4.51. The van der Waals surface area contributed by atoms with Crippen LogP contribution in [0.25, 0.3) is 0 Å². The summed E-state index contributed by atoms with van der Waals surface area (Å²) in [6.07, 6.45) is 0.798. The molecule has 18 heavy (non-hydrogen) atoms. The smallest absolute Gasteiger partial charge is 0.227 e. The molecule has 1 saturated carbocycles. The van der Waals surface area contributed by atoms with Crippen LogP contribution in [0.15, 0.2) is 24.3 Å². The van der Waals surface area contributed by atoms with E-state index >= 15 is 0 Å². The monoisotopic (exact) mass is 246 g/mol. The topological polar surface area (TPSA) is 44.1 Å². The third kappa shape index (κ3) is 2.51. The van der Waals surface area contributed by atoms with E-state index in [1.165, 1.54) is 12.1 Å². The Hall–Kier alpha value is -1.89. The van der Waals surface area contributed by atoms with Gasteiger partial charge in [0.05, 0.1) is 6.07 Å². The molecule has 4 heteroatoms. The van der Waals surface area contributed by atoms with E-state index in [0.29, 0.717) is 6.54 Å². The Labute approximate surface area is 106 Å². The Morgan fingerprint density at radius 1 is 1.50 bits per heavy atom. The molecule has 0 aliphatic heterocycles. The van der Waals surface area contributed by atoms with Crippen molar-refractivity contribution in [2.24, 2.45) is 5.92 Å². The minimum atomic E-state index is -0.262. The van der Waals surface area contributed by atoms with Crippen molar-refractivity contribution in [3.8, 4) is 6.07 Å². The first-order valence-electron chi connectivity index (χ1n) is 6.08. The molecular weight excluding hydrogens is 231 g/mol. The highest BCUT2D eigenvalue weighted by molar-refractivity contribution is 5.83. The van der Waals surface area contributed by atoms with Crippen LogP contribution in [0.4, 0.5) is 4.39 Å². The number of carbonyl (C=O) groups is 1. The lowest BCUT2D eigenvalue weighted by atomic mass is 10.1. The maximum Gasteiger partial charge on any atom is 0.227 e. The van der Waals surface area contributed by atoms with Crippen LogP contribution in [-0.2, 0) is 4.79 Å². The van der Waals surface area contributed by atoms with Gasteiger partial charge in [-0.25, -0.2) is 4.39 Å². The lowest BCUT2D eigenvalue weighted by Gasteiger charge is -2.17. The third-order valence-corrected chi connectivity index (χ3v) is 3.36. The van der Waals surface area contributed by atoms with Gasteiger partial charge in [-0.2, -0.15) is 5.26 Å². The summed E-state index contributed by atoms with van der Waals surface area (Å²) in [5.41, 5.74) is 1.00. The van der Waals surface area contributed by atoms with Gasteiger partial charge in [-0.3, -0.25) is 4.79 Å². The first kappa shape index (κ1) is 12.6. The summed E-state index contributed by atoms with van der Waals surface area (Å²) in [4.78, 5) is 13.6. The van der Waals surface area contributed by atoms with Gasteiger partial charge in [0.15, 0.2) is 0 Å². The van der Waals surface area contributed by atoms with Crippen molar-refractivity contribution in [2.45, 2.75) is 19.3 Å². The molecular formula is C14H15FN2O. The van der Waals surface area contributed by atoms with E-state index in [0.717, 1.165) is 12.0 Å². The summed E-state index contributed by atoms with van der Waals surface area (Å²) < 4.78 is 12.8. The second kappa shape index (κ2) is 5.18. The average molecular weight is 246 g/mol. The summed E-state index contributed by atoms with van der Waals surface area (Å²) in [5.74, 6) is -0.0788. The first-order valence-corrected chi connectivity index (χ1v) is 6.08. The third-order valence-electron chi connectivity index (χ3n) is 3.36. The standard InChI is InChI=1S/C14H15FN2O/c1-2-17(8-7-16)14(18)13-9-12(13)10-3-5-11(15)6-4-10/h3-6,12-13H,2,8-9H2,1H3/t12-,13-/m0/s1. The van der Waals surface area contributed by atoms with E-state index in [4.69, 9.17) is 5.26 Å². The van der Waals surface area contributed by atoms with Crippen LogP contribution in [0, 0.1) is 23.1 Å². The zero-order chi connectivity index (χ0) is 13.1. The summed E-state index contributed by atoms with van der Waals surface area (Å²) in [6.45, 7) is 2.56. The fraction of sp³-hybridized carbons (Fsp3) is 0.429. The molecule has 1 aromatic rings. The molecule has 3 nitrogen and oxygen atoms in total. The molecule has 0 N–H and O–H groups in total. The molecule has 2 rings (SSSR count). The minimum absolute atomic E-state index is 0.0355. The highest BCUT2D eigenvalue weighted by atomic mass is 19.1. The predicted octanol–water partition coefficient (Wildman–Crippen LogP) is 2.30. The van der Waals surface area contributed by atoms with E-state index in [1.807, 2.05) is 13.0 Å². The van der Waals surface area contributed by atoms with E-state index in [1.54, 1.807) is 17.0 Å².